The maximum atomic E-state index is 4.06. The van der Waals surface area contributed by atoms with E-state index in [2.05, 4.69) is 60.2 Å². The van der Waals surface area contributed by atoms with Crippen LogP contribution in [-0.2, 0) is 12.8 Å². The molecule has 1 aliphatic rings. The van der Waals surface area contributed by atoms with E-state index in [4.69, 9.17) is 0 Å². The van der Waals surface area contributed by atoms with Gasteiger partial charge in [-0.05, 0) is 0 Å². The summed E-state index contributed by atoms with van der Waals surface area (Å²) in [6.45, 7) is 7.96. The molecule has 0 unspecified atom stereocenters. The van der Waals surface area contributed by atoms with E-state index in [9.17, 15) is 0 Å². The van der Waals surface area contributed by atoms with Gasteiger partial charge in [-0.15, -0.1) is 0 Å². The van der Waals surface area contributed by atoms with Gasteiger partial charge in [0.05, 0.1) is 0 Å². The van der Waals surface area contributed by atoms with E-state index >= 15 is 0 Å². The minimum absolute atomic E-state index is 0.388. The van der Waals surface area contributed by atoms with Crippen LogP contribution in [0.25, 0.3) is 35.9 Å². The van der Waals surface area contributed by atoms with Crippen molar-refractivity contribution in [2.45, 2.75) is 25.7 Å². The molecule has 0 aliphatic heterocycles. The topological polar surface area (TPSA) is 4.93 Å². The van der Waals surface area contributed by atoms with Crippen molar-refractivity contribution in [2.75, 3.05) is 0 Å². The standard InChI is InChI=1S/C24H21NSe/c1-3-9-16(4-2)25-20-12-7-5-11-19(20)23-21(25)15-14-18-17-10-6-8-13-22(17)26-24(18)23/h3-4,6,8-10,13-15H,1-2,5,7,11-12H2/b16-9+. The molecule has 128 valence electrons. The van der Waals surface area contributed by atoms with Crippen molar-refractivity contribution in [3.05, 3.63) is 79.0 Å². The average molecular weight is 402 g/mol. The molecule has 0 fully saturated rings. The Morgan fingerprint density at radius 2 is 1.85 bits per heavy atom. The van der Waals surface area contributed by atoms with Crippen LogP contribution < -0.4 is 0 Å². The Bertz CT molecular complexity index is 1220. The van der Waals surface area contributed by atoms with Crippen LogP contribution in [0.2, 0.25) is 0 Å². The van der Waals surface area contributed by atoms with Crippen LogP contribution in [0.5, 0.6) is 0 Å². The van der Waals surface area contributed by atoms with Gasteiger partial charge in [-0.1, -0.05) is 0 Å². The van der Waals surface area contributed by atoms with E-state index in [0.29, 0.717) is 14.5 Å². The van der Waals surface area contributed by atoms with Crippen LogP contribution in [0.1, 0.15) is 24.1 Å². The van der Waals surface area contributed by atoms with Gasteiger partial charge in [0.25, 0.3) is 0 Å². The predicted octanol–water partition coefficient (Wildman–Crippen LogP) is 6.10. The number of hydrogen-bond acceptors (Lipinski definition) is 0. The first-order chi connectivity index (χ1) is 12.8. The number of benzene rings is 2. The molecule has 0 atom stereocenters. The van der Waals surface area contributed by atoms with Gasteiger partial charge >= 0.3 is 160 Å². The molecule has 0 N–H and O–H groups in total. The monoisotopic (exact) mass is 403 g/mol. The first-order valence-corrected chi connectivity index (χ1v) is 11.0. The van der Waals surface area contributed by atoms with E-state index in [1.165, 1.54) is 50.9 Å². The number of aromatic nitrogens is 1. The third kappa shape index (κ3) is 2.16. The van der Waals surface area contributed by atoms with Crippen molar-refractivity contribution in [3.8, 4) is 0 Å². The summed E-state index contributed by atoms with van der Waals surface area (Å²) < 4.78 is 5.54. The van der Waals surface area contributed by atoms with Crippen molar-refractivity contribution in [2.24, 2.45) is 0 Å². The van der Waals surface area contributed by atoms with Gasteiger partial charge in [-0.2, -0.15) is 0 Å². The summed E-state index contributed by atoms with van der Waals surface area (Å²) in [4.78, 5) is 0. The Kier molecular flexibility index (Phi) is 3.77. The Hall–Kier alpha value is -2.28. The Labute approximate surface area is 159 Å². The summed E-state index contributed by atoms with van der Waals surface area (Å²) in [6, 6.07) is 13.6. The van der Waals surface area contributed by atoms with Crippen molar-refractivity contribution in [3.63, 3.8) is 0 Å². The summed E-state index contributed by atoms with van der Waals surface area (Å²) in [7, 11) is 0. The average Bonchev–Trinajstić information content (AvgIpc) is 3.22. The number of rotatable bonds is 3. The fourth-order valence-electron chi connectivity index (χ4n) is 4.46. The van der Waals surface area contributed by atoms with E-state index in [1.54, 1.807) is 9.82 Å². The van der Waals surface area contributed by atoms with Crippen molar-refractivity contribution >= 4 is 50.4 Å². The maximum absolute atomic E-state index is 4.06. The third-order valence-corrected chi connectivity index (χ3v) is 8.06. The van der Waals surface area contributed by atoms with Gasteiger partial charge in [-0.3, -0.25) is 0 Å². The summed E-state index contributed by atoms with van der Waals surface area (Å²) in [5, 5.41) is 4.41. The summed E-state index contributed by atoms with van der Waals surface area (Å²) in [5.74, 6) is 0. The molecular weight excluding hydrogens is 381 g/mol. The summed E-state index contributed by atoms with van der Waals surface area (Å²) in [5.41, 5.74) is 5.54. The molecule has 26 heavy (non-hydrogen) atoms. The zero-order valence-electron chi connectivity index (χ0n) is 14.8. The fourth-order valence-corrected chi connectivity index (χ4v) is 7.13. The molecule has 1 nitrogen and oxygen atoms in total. The first kappa shape index (κ1) is 15.9. The molecule has 5 rings (SSSR count). The first-order valence-electron chi connectivity index (χ1n) is 9.25. The Balaban J connectivity index is 1.98. The molecule has 4 aromatic rings. The second-order valence-electron chi connectivity index (χ2n) is 6.93. The molecule has 0 saturated carbocycles. The molecule has 2 heteroatoms. The SMILES string of the molecule is C=C/C=C(\C=C)n1c2c(c3c4[se]c5ccccc5c4ccc31)CCCC2. The quantitative estimate of drug-likeness (QED) is 0.288. The molecule has 0 amide bonds. The second-order valence-corrected chi connectivity index (χ2v) is 9.14. The van der Waals surface area contributed by atoms with Crippen LogP contribution in [0.3, 0.4) is 0 Å². The van der Waals surface area contributed by atoms with Crippen LogP contribution in [0, 0.1) is 0 Å². The van der Waals surface area contributed by atoms with Gasteiger partial charge in [0, 0.05) is 0 Å². The molecular formula is C24H21NSe. The zero-order chi connectivity index (χ0) is 17.7. The molecule has 1 aliphatic carbocycles. The van der Waals surface area contributed by atoms with E-state index in [-0.39, 0.29) is 0 Å². The zero-order valence-corrected chi connectivity index (χ0v) is 16.5. The molecule has 0 bridgehead atoms. The van der Waals surface area contributed by atoms with Gasteiger partial charge in [0.15, 0.2) is 0 Å². The van der Waals surface area contributed by atoms with Gasteiger partial charge in [-0.25, -0.2) is 0 Å². The predicted molar refractivity (Wildman–Crippen MR) is 115 cm³/mol. The molecule has 2 heterocycles. The Morgan fingerprint density at radius 3 is 2.69 bits per heavy atom. The van der Waals surface area contributed by atoms with Crippen LogP contribution in [0.4, 0.5) is 0 Å². The molecule has 2 aromatic heterocycles. The molecule has 2 aromatic carbocycles. The Morgan fingerprint density at radius 1 is 1.00 bits per heavy atom. The number of allylic oxidation sites excluding steroid dienone is 4. The molecule has 0 spiro atoms. The number of nitrogens with zero attached hydrogens (tertiary/aromatic N) is 1. The summed E-state index contributed by atoms with van der Waals surface area (Å²) >= 11 is 0.388. The second kappa shape index (κ2) is 6.16. The van der Waals surface area contributed by atoms with Gasteiger partial charge in [0.1, 0.15) is 0 Å². The number of fused-ring (bicyclic) bond motifs is 7. The van der Waals surface area contributed by atoms with Crippen LogP contribution in [0.15, 0.2) is 67.8 Å². The molecule has 0 saturated heterocycles. The number of aryl methyl sites for hydroxylation is 1. The van der Waals surface area contributed by atoms with E-state index < -0.39 is 0 Å². The minimum atomic E-state index is 0.388. The third-order valence-electron chi connectivity index (χ3n) is 5.53. The number of hydrogen-bond donors (Lipinski definition) is 0. The fraction of sp³-hybridized carbons (Fsp3) is 0.167. The molecule has 0 radical (unpaired) electrons. The van der Waals surface area contributed by atoms with Crippen LogP contribution >= 0.6 is 0 Å². The van der Waals surface area contributed by atoms with Crippen molar-refractivity contribution < 1.29 is 0 Å². The van der Waals surface area contributed by atoms with E-state index in [0.717, 1.165) is 12.1 Å². The van der Waals surface area contributed by atoms with Crippen molar-refractivity contribution in [1.29, 1.82) is 0 Å². The van der Waals surface area contributed by atoms with Crippen molar-refractivity contribution in [1.82, 2.24) is 4.57 Å². The van der Waals surface area contributed by atoms with Crippen LogP contribution in [-0.4, -0.2) is 19.1 Å². The van der Waals surface area contributed by atoms with Gasteiger partial charge in [0.2, 0.25) is 0 Å². The normalized spacial score (nSPS) is 14.8. The van der Waals surface area contributed by atoms with E-state index in [1.807, 2.05) is 12.2 Å². The van der Waals surface area contributed by atoms with Gasteiger partial charge < -0.3 is 0 Å². The summed E-state index contributed by atoms with van der Waals surface area (Å²) in [6.07, 6.45) is 10.8.